The number of methoxy groups -OCH3 is 2. The molecule has 4 rings (SSSR count). The molecule has 0 radical (unpaired) electrons. The van der Waals surface area contributed by atoms with Crippen LogP contribution in [0.4, 0.5) is 5.82 Å². The van der Waals surface area contributed by atoms with Gasteiger partial charge in [-0.3, -0.25) is 0 Å². The highest BCUT2D eigenvalue weighted by atomic mass is 16.5. The van der Waals surface area contributed by atoms with Crippen LogP contribution in [0.5, 0.6) is 11.5 Å². The number of rotatable bonds is 8. The topological polar surface area (TPSA) is 60.7 Å². The quantitative estimate of drug-likeness (QED) is 0.414. The minimum absolute atomic E-state index is 0.678. The number of benzene rings is 2. The lowest BCUT2D eigenvalue weighted by molar-refractivity contribution is 0.355. The van der Waals surface area contributed by atoms with Crippen LogP contribution in [0.2, 0.25) is 0 Å². The molecule has 2 aromatic heterocycles. The van der Waals surface area contributed by atoms with E-state index in [4.69, 9.17) is 19.6 Å². The van der Waals surface area contributed by atoms with Gasteiger partial charge in [0.15, 0.2) is 17.1 Å². The number of nitrogens with one attached hydrogen (secondary N) is 1. The van der Waals surface area contributed by atoms with Gasteiger partial charge in [0.25, 0.3) is 0 Å². The minimum Gasteiger partial charge on any atom is -0.493 e. The number of hydrogen-bond acceptors (Lipinski definition) is 5. The summed E-state index contributed by atoms with van der Waals surface area (Å²) in [6.45, 7) is 7.20. The zero-order valence-corrected chi connectivity index (χ0v) is 19.4. The van der Waals surface area contributed by atoms with E-state index in [-0.39, 0.29) is 0 Å². The number of aryl methyl sites for hydroxylation is 2. The van der Waals surface area contributed by atoms with Gasteiger partial charge >= 0.3 is 0 Å². The van der Waals surface area contributed by atoms with E-state index in [1.807, 2.05) is 28.8 Å². The van der Waals surface area contributed by atoms with Crippen molar-refractivity contribution in [2.24, 2.45) is 0 Å². The predicted molar refractivity (Wildman–Crippen MR) is 129 cm³/mol. The van der Waals surface area contributed by atoms with Gasteiger partial charge in [-0.15, -0.1) is 0 Å². The molecular weight excluding hydrogens is 400 g/mol. The molecule has 2 heterocycles. The summed E-state index contributed by atoms with van der Waals surface area (Å²) in [7, 11) is 3.27. The van der Waals surface area contributed by atoms with E-state index in [2.05, 4.69) is 50.4 Å². The Labute approximate surface area is 189 Å². The third-order valence-corrected chi connectivity index (χ3v) is 5.89. The van der Waals surface area contributed by atoms with Crippen LogP contribution < -0.4 is 14.8 Å². The van der Waals surface area contributed by atoms with E-state index in [1.54, 1.807) is 14.2 Å². The van der Waals surface area contributed by atoms with E-state index in [0.717, 1.165) is 47.8 Å². The SMILES string of the molecule is CCc1c(C)nc2cc(-c3ccc(OC)c(OC)c3)nn2c1NCCc1ccccc1C. The van der Waals surface area contributed by atoms with Crippen molar-refractivity contribution in [2.75, 3.05) is 26.1 Å². The van der Waals surface area contributed by atoms with E-state index in [1.165, 1.54) is 16.7 Å². The number of hydrogen-bond donors (Lipinski definition) is 1. The van der Waals surface area contributed by atoms with Gasteiger partial charge in [0, 0.05) is 29.4 Å². The van der Waals surface area contributed by atoms with Gasteiger partial charge in [0.1, 0.15) is 5.82 Å². The number of fused-ring (bicyclic) bond motifs is 1. The number of aromatic nitrogens is 3. The summed E-state index contributed by atoms with van der Waals surface area (Å²) < 4.78 is 12.8. The van der Waals surface area contributed by atoms with Crippen LogP contribution in [0.25, 0.3) is 16.9 Å². The molecule has 0 amide bonds. The van der Waals surface area contributed by atoms with Crippen LogP contribution in [0, 0.1) is 13.8 Å². The second kappa shape index (κ2) is 9.30. The average Bonchev–Trinajstić information content (AvgIpc) is 3.23. The molecule has 0 bridgehead atoms. The van der Waals surface area contributed by atoms with Crippen molar-refractivity contribution >= 4 is 11.5 Å². The van der Waals surface area contributed by atoms with Gasteiger partial charge in [-0.1, -0.05) is 31.2 Å². The van der Waals surface area contributed by atoms with Crippen molar-refractivity contribution in [2.45, 2.75) is 33.6 Å². The van der Waals surface area contributed by atoms with Gasteiger partial charge in [-0.25, -0.2) is 4.98 Å². The first-order chi connectivity index (χ1) is 15.5. The summed E-state index contributed by atoms with van der Waals surface area (Å²) in [5, 5.41) is 8.55. The molecule has 1 N–H and O–H groups in total. The molecule has 0 spiro atoms. The molecule has 0 saturated carbocycles. The fourth-order valence-corrected chi connectivity index (χ4v) is 4.10. The fraction of sp³-hybridized carbons (Fsp3) is 0.308. The molecule has 0 unspecified atom stereocenters. The van der Waals surface area contributed by atoms with Crippen molar-refractivity contribution in [3.63, 3.8) is 0 Å². The molecule has 0 fully saturated rings. The van der Waals surface area contributed by atoms with Crippen LogP contribution >= 0.6 is 0 Å². The van der Waals surface area contributed by atoms with Crippen LogP contribution in [0.15, 0.2) is 48.5 Å². The Morgan fingerprint density at radius 2 is 1.75 bits per heavy atom. The lowest BCUT2D eigenvalue weighted by atomic mass is 10.1. The highest BCUT2D eigenvalue weighted by molar-refractivity contribution is 5.69. The maximum absolute atomic E-state index is 5.47. The zero-order valence-electron chi connectivity index (χ0n) is 19.4. The summed E-state index contributed by atoms with van der Waals surface area (Å²) >= 11 is 0. The molecule has 0 aliphatic carbocycles. The first kappa shape index (κ1) is 21.7. The van der Waals surface area contributed by atoms with Crippen molar-refractivity contribution in [1.82, 2.24) is 14.6 Å². The van der Waals surface area contributed by atoms with Gasteiger partial charge in [0.05, 0.1) is 19.9 Å². The van der Waals surface area contributed by atoms with E-state index >= 15 is 0 Å². The molecule has 0 aliphatic rings. The number of ether oxygens (including phenoxy) is 2. The molecule has 6 nitrogen and oxygen atoms in total. The van der Waals surface area contributed by atoms with Crippen LogP contribution in [0.3, 0.4) is 0 Å². The largest absolute Gasteiger partial charge is 0.493 e. The number of nitrogens with zero attached hydrogens (tertiary/aromatic N) is 3. The Kier molecular flexibility index (Phi) is 6.30. The normalized spacial score (nSPS) is 11.0. The van der Waals surface area contributed by atoms with E-state index < -0.39 is 0 Å². The molecular formula is C26H30N4O2. The third kappa shape index (κ3) is 4.13. The second-order valence-electron chi connectivity index (χ2n) is 7.85. The Morgan fingerprint density at radius 1 is 0.969 bits per heavy atom. The summed E-state index contributed by atoms with van der Waals surface area (Å²) in [5.74, 6) is 2.38. The standard InChI is InChI=1S/C26H30N4O2/c1-6-21-18(3)28-25-16-22(20-11-12-23(31-4)24(15-20)32-5)29-30(25)26(21)27-14-13-19-10-8-7-9-17(19)2/h7-12,15-16,27H,6,13-14H2,1-5H3. The van der Waals surface area contributed by atoms with Crippen LogP contribution in [-0.2, 0) is 12.8 Å². The van der Waals surface area contributed by atoms with Crippen molar-refractivity contribution in [3.8, 4) is 22.8 Å². The zero-order chi connectivity index (χ0) is 22.7. The lowest BCUT2D eigenvalue weighted by Crippen LogP contribution is -2.14. The van der Waals surface area contributed by atoms with Crippen molar-refractivity contribution in [3.05, 3.63) is 70.9 Å². The first-order valence-electron chi connectivity index (χ1n) is 11.0. The molecule has 4 aromatic rings. The Morgan fingerprint density at radius 3 is 2.47 bits per heavy atom. The fourth-order valence-electron chi connectivity index (χ4n) is 4.10. The molecule has 166 valence electrons. The van der Waals surface area contributed by atoms with E-state index in [9.17, 15) is 0 Å². The highest BCUT2D eigenvalue weighted by Crippen LogP contribution is 2.33. The lowest BCUT2D eigenvalue weighted by Gasteiger charge is -2.15. The maximum atomic E-state index is 5.47. The minimum atomic E-state index is 0.678. The third-order valence-electron chi connectivity index (χ3n) is 5.89. The van der Waals surface area contributed by atoms with Crippen molar-refractivity contribution in [1.29, 1.82) is 0 Å². The summed E-state index contributed by atoms with van der Waals surface area (Å²) in [6.07, 6.45) is 1.83. The molecule has 2 aromatic carbocycles. The van der Waals surface area contributed by atoms with Gasteiger partial charge in [-0.05, 0) is 56.0 Å². The monoisotopic (exact) mass is 430 g/mol. The van der Waals surface area contributed by atoms with E-state index in [0.29, 0.717) is 11.5 Å². The molecule has 6 heteroatoms. The Balaban J connectivity index is 1.70. The molecule has 32 heavy (non-hydrogen) atoms. The Hall–Kier alpha value is -3.54. The van der Waals surface area contributed by atoms with Gasteiger partial charge < -0.3 is 14.8 Å². The molecule has 0 atom stereocenters. The van der Waals surface area contributed by atoms with Gasteiger partial charge in [-0.2, -0.15) is 9.61 Å². The Bertz CT molecular complexity index is 1250. The summed E-state index contributed by atoms with van der Waals surface area (Å²) in [6, 6.07) is 16.4. The summed E-state index contributed by atoms with van der Waals surface area (Å²) in [5.41, 5.74) is 7.49. The predicted octanol–water partition coefficient (Wildman–Crippen LogP) is 5.25. The van der Waals surface area contributed by atoms with Crippen molar-refractivity contribution < 1.29 is 9.47 Å². The second-order valence-corrected chi connectivity index (χ2v) is 7.85. The first-order valence-corrected chi connectivity index (χ1v) is 11.0. The van der Waals surface area contributed by atoms with Crippen LogP contribution in [0.1, 0.15) is 29.3 Å². The average molecular weight is 431 g/mol. The maximum Gasteiger partial charge on any atom is 0.161 e. The highest BCUT2D eigenvalue weighted by Gasteiger charge is 2.16. The number of anilines is 1. The van der Waals surface area contributed by atoms with Crippen LogP contribution in [-0.4, -0.2) is 35.4 Å². The smallest absolute Gasteiger partial charge is 0.161 e. The molecule has 0 saturated heterocycles. The van der Waals surface area contributed by atoms with Gasteiger partial charge in [0.2, 0.25) is 0 Å². The summed E-state index contributed by atoms with van der Waals surface area (Å²) in [4.78, 5) is 4.81. The molecule has 0 aliphatic heterocycles.